The minimum atomic E-state index is -4.02. The molecule has 14 heteroatoms. The number of H-pyrrole nitrogens is 1. The first-order valence-electron chi connectivity index (χ1n) is 12.3. The molecule has 1 aliphatic rings. The summed E-state index contributed by atoms with van der Waals surface area (Å²) in [6.07, 6.45) is 3.68. The van der Waals surface area contributed by atoms with Gasteiger partial charge in [0.05, 0.1) is 22.8 Å². The summed E-state index contributed by atoms with van der Waals surface area (Å²) >= 11 is 1.04. The summed E-state index contributed by atoms with van der Waals surface area (Å²) in [5.74, 6) is 0.0450. The molecule has 1 saturated heterocycles. The average Bonchev–Trinajstić information content (AvgIpc) is 3.57. The van der Waals surface area contributed by atoms with Gasteiger partial charge in [-0.25, -0.2) is 32.3 Å². The van der Waals surface area contributed by atoms with Gasteiger partial charge in [0.2, 0.25) is 0 Å². The first-order valence-corrected chi connectivity index (χ1v) is 14.6. The van der Waals surface area contributed by atoms with Crippen LogP contribution in [0.3, 0.4) is 0 Å². The molecule has 0 saturated carbocycles. The van der Waals surface area contributed by atoms with Crippen LogP contribution in [0.2, 0.25) is 0 Å². The summed E-state index contributed by atoms with van der Waals surface area (Å²) in [6, 6.07) is 10.0. The fourth-order valence-electron chi connectivity index (χ4n) is 4.38. The zero-order valence-electron chi connectivity index (χ0n) is 21.1. The summed E-state index contributed by atoms with van der Waals surface area (Å²) < 4.78 is 27.5. The highest BCUT2D eigenvalue weighted by Gasteiger charge is 2.20. The molecule has 0 spiro atoms. The van der Waals surface area contributed by atoms with Gasteiger partial charge in [-0.15, -0.1) is 11.3 Å². The number of rotatable bonds is 8. The van der Waals surface area contributed by atoms with Gasteiger partial charge in [-0.05, 0) is 75.3 Å². The molecule has 39 heavy (non-hydrogen) atoms. The van der Waals surface area contributed by atoms with Crippen molar-refractivity contribution in [3.05, 3.63) is 74.4 Å². The highest BCUT2D eigenvalue weighted by Crippen LogP contribution is 2.20. The lowest BCUT2D eigenvalue weighted by molar-refractivity contribution is 0.256. The number of hydrogen-bond donors (Lipinski definition) is 4. The Morgan fingerprint density at radius 1 is 1.08 bits per heavy atom. The molecule has 1 fully saturated rings. The third kappa shape index (κ3) is 6.02. The second kappa shape index (κ2) is 11.0. The van der Waals surface area contributed by atoms with Crippen LogP contribution in [-0.2, 0) is 10.0 Å². The number of aryl methyl sites for hydroxylation is 1. The lowest BCUT2D eigenvalue weighted by Gasteiger charge is -2.15. The van der Waals surface area contributed by atoms with Crippen molar-refractivity contribution in [2.24, 2.45) is 0 Å². The van der Waals surface area contributed by atoms with Crippen molar-refractivity contribution in [1.29, 1.82) is 0 Å². The summed E-state index contributed by atoms with van der Waals surface area (Å²) in [5, 5.41) is 6.03. The number of amides is 2. The molecule has 0 atom stereocenters. The zero-order chi connectivity index (χ0) is 27.6. The minimum absolute atomic E-state index is 0.0171. The fraction of sp³-hybridized carbons (Fsp3) is 0.280. The van der Waals surface area contributed by atoms with E-state index < -0.39 is 27.3 Å². The Labute approximate surface area is 227 Å². The molecule has 4 heterocycles. The molecule has 0 bridgehead atoms. The van der Waals surface area contributed by atoms with Crippen LogP contribution in [0.25, 0.3) is 16.7 Å². The van der Waals surface area contributed by atoms with Gasteiger partial charge in [0.15, 0.2) is 0 Å². The number of sulfonamides is 1. The Morgan fingerprint density at radius 2 is 1.85 bits per heavy atom. The molecule has 3 aromatic heterocycles. The van der Waals surface area contributed by atoms with E-state index in [-0.39, 0.29) is 15.7 Å². The Bertz CT molecular complexity index is 1740. The highest BCUT2D eigenvalue weighted by molar-refractivity contribution is 7.92. The molecule has 4 aromatic rings. The monoisotopic (exact) mass is 569 g/mol. The van der Waals surface area contributed by atoms with Crippen LogP contribution >= 0.6 is 11.3 Å². The van der Waals surface area contributed by atoms with Crippen molar-refractivity contribution < 1.29 is 13.2 Å². The molecule has 4 N–H and O–H groups in total. The number of carbonyl (C=O) groups excluding carboxylic acids is 1. The number of benzene rings is 1. The summed E-state index contributed by atoms with van der Waals surface area (Å²) in [4.78, 5) is 48.2. The molecular weight excluding hydrogens is 542 g/mol. The number of fused-ring (bicyclic) bond motifs is 1. The van der Waals surface area contributed by atoms with Crippen LogP contribution in [-0.4, -0.2) is 60.1 Å². The maximum Gasteiger partial charge on any atom is 0.334 e. The maximum atomic E-state index is 13.1. The number of carbonyl (C=O) groups is 1. The summed E-state index contributed by atoms with van der Waals surface area (Å²) in [7, 11) is -4.02. The Kier molecular flexibility index (Phi) is 7.50. The fourth-order valence-corrected chi connectivity index (χ4v) is 6.57. The van der Waals surface area contributed by atoms with Gasteiger partial charge in [0.1, 0.15) is 10.0 Å². The normalized spacial score (nSPS) is 14.0. The predicted molar refractivity (Wildman–Crippen MR) is 151 cm³/mol. The topological polar surface area (TPSA) is 158 Å². The predicted octanol–water partition coefficient (Wildman–Crippen LogP) is 2.46. The number of likely N-dealkylation sites (tertiary alicyclic amines) is 1. The van der Waals surface area contributed by atoms with Crippen LogP contribution in [0.4, 0.5) is 16.2 Å². The van der Waals surface area contributed by atoms with Gasteiger partial charge < -0.3 is 20.5 Å². The van der Waals surface area contributed by atoms with Crippen LogP contribution in [0.5, 0.6) is 0 Å². The number of aromatic amines is 1. The first-order chi connectivity index (χ1) is 18.7. The molecule has 204 valence electrons. The van der Waals surface area contributed by atoms with E-state index >= 15 is 0 Å². The van der Waals surface area contributed by atoms with Crippen molar-refractivity contribution in [2.75, 3.05) is 36.8 Å². The number of pyridine rings is 1. The molecule has 0 unspecified atom stereocenters. The molecule has 1 aliphatic heterocycles. The van der Waals surface area contributed by atoms with E-state index in [1.165, 1.54) is 37.2 Å². The molecule has 1 aromatic carbocycles. The number of nitrogens with one attached hydrogen (secondary N) is 4. The van der Waals surface area contributed by atoms with Gasteiger partial charge in [-0.1, -0.05) is 0 Å². The van der Waals surface area contributed by atoms with Gasteiger partial charge in [-0.2, -0.15) is 0 Å². The molecule has 0 radical (unpaired) electrons. The first kappa shape index (κ1) is 26.6. The number of hydrogen-bond acceptors (Lipinski definition) is 9. The number of thiophene rings is 1. The van der Waals surface area contributed by atoms with E-state index in [1.54, 1.807) is 31.2 Å². The van der Waals surface area contributed by atoms with E-state index in [0.29, 0.717) is 10.9 Å². The van der Waals surface area contributed by atoms with Crippen molar-refractivity contribution >= 4 is 49.7 Å². The standard InChI is InChI=1S/C25H27N7O5S2/c1-16-4-9-22(38-16)39(36,37)30-24(34)28-18-6-8-21(27-15-18)32-23(33)19-7-5-17(14-20(19)29-25(32)35)26-10-13-31-11-2-3-12-31/h4-9,14-15,26H,2-3,10-13H2,1H3,(H,29,35)(H2,28,30,34). The number of nitrogens with zero attached hydrogens (tertiary/aromatic N) is 3. The quantitative estimate of drug-likeness (QED) is 0.252. The van der Waals surface area contributed by atoms with E-state index in [1.807, 2.05) is 4.72 Å². The Hall–Kier alpha value is -4.01. The van der Waals surface area contributed by atoms with Crippen LogP contribution < -0.4 is 26.6 Å². The van der Waals surface area contributed by atoms with E-state index in [4.69, 9.17) is 0 Å². The number of anilines is 2. The SMILES string of the molecule is Cc1ccc(S(=O)(=O)NC(=O)Nc2ccc(-n3c(=O)[nH]c4cc(NCCN5CCCC5)ccc4c3=O)nc2)s1. The zero-order valence-corrected chi connectivity index (χ0v) is 22.7. The van der Waals surface area contributed by atoms with Crippen LogP contribution in [0.1, 0.15) is 17.7 Å². The average molecular weight is 570 g/mol. The van der Waals surface area contributed by atoms with Crippen molar-refractivity contribution in [2.45, 2.75) is 24.0 Å². The van der Waals surface area contributed by atoms with E-state index in [2.05, 4.69) is 25.5 Å². The molecule has 0 aliphatic carbocycles. The molecule has 12 nitrogen and oxygen atoms in total. The van der Waals surface area contributed by atoms with Crippen molar-refractivity contribution in [3.63, 3.8) is 0 Å². The van der Waals surface area contributed by atoms with Crippen LogP contribution in [0, 0.1) is 6.92 Å². The highest BCUT2D eigenvalue weighted by atomic mass is 32.2. The van der Waals surface area contributed by atoms with Crippen LogP contribution in [0.15, 0.2) is 62.5 Å². The second-order valence-electron chi connectivity index (χ2n) is 9.14. The van der Waals surface area contributed by atoms with Crippen molar-refractivity contribution in [3.8, 4) is 5.82 Å². The number of urea groups is 1. The van der Waals surface area contributed by atoms with Crippen molar-refractivity contribution in [1.82, 2.24) is 24.2 Å². The Balaban J connectivity index is 1.28. The molecular formula is C25H27N7O5S2. The summed E-state index contributed by atoms with van der Waals surface area (Å²) in [6.45, 7) is 5.67. The second-order valence-corrected chi connectivity index (χ2v) is 12.3. The summed E-state index contributed by atoms with van der Waals surface area (Å²) in [5.41, 5.74) is 0.177. The number of aromatic nitrogens is 3. The third-order valence-electron chi connectivity index (χ3n) is 6.30. The lowest BCUT2D eigenvalue weighted by atomic mass is 10.2. The van der Waals surface area contributed by atoms with Gasteiger partial charge in [-0.3, -0.25) is 4.79 Å². The lowest BCUT2D eigenvalue weighted by Crippen LogP contribution is -2.35. The largest absolute Gasteiger partial charge is 0.384 e. The molecule has 5 rings (SSSR count). The smallest absolute Gasteiger partial charge is 0.334 e. The van der Waals surface area contributed by atoms with E-state index in [0.717, 1.165) is 52.6 Å². The van der Waals surface area contributed by atoms with Gasteiger partial charge in [0, 0.05) is 23.7 Å². The maximum absolute atomic E-state index is 13.1. The van der Waals surface area contributed by atoms with Gasteiger partial charge >= 0.3 is 11.7 Å². The molecule has 2 amide bonds. The van der Waals surface area contributed by atoms with Gasteiger partial charge in [0.25, 0.3) is 15.6 Å². The van der Waals surface area contributed by atoms with E-state index in [9.17, 15) is 22.8 Å². The Morgan fingerprint density at radius 3 is 2.54 bits per heavy atom. The minimum Gasteiger partial charge on any atom is -0.384 e. The third-order valence-corrected chi connectivity index (χ3v) is 9.12.